The highest BCUT2D eigenvalue weighted by Gasteiger charge is 2.20. The van der Waals surface area contributed by atoms with E-state index in [-0.39, 0.29) is 6.04 Å². The monoisotopic (exact) mass is 297 g/mol. The summed E-state index contributed by atoms with van der Waals surface area (Å²) < 4.78 is 5.52. The van der Waals surface area contributed by atoms with Crippen LogP contribution in [-0.4, -0.2) is 6.54 Å². The van der Waals surface area contributed by atoms with E-state index in [1.165, 1.54) is 11.1 Å². The van der Waals surface area contributed by atoms with Crippen molar-refractivity contribution in [2.75, 3.05) is 6.54 Å². The fraction of sp³-hybridized carbons (Fsp3) is 0.333. The molecule has 0 aliphatic heterocycles. The summed E-state index contributed by atoms with van der Waals surface area (Å²) in [5.41, 5.74) is 3.40. The number of hydrogen-bond acceptors (Lipinski definition) is 2. The predicted molar refractivity (Wildman–Crippen MR) is 80.2 cm³/mol. The minimum absolute atomic E-state index is 0.0794. The highest BCUT2D eigenvalue weighted by molar-refractivity contribution is 6.31. The fourth-order valence-corrected chi connectivity index (χ4v) is 2.56. The smallest absolute Gasteiger partial charge is 0.193 e. The number of rotatable bonds is 4. The van der Waals surface area contributed by atoms with Crippen molar-refractivity contribution < 1.29 is 4.42 Å². The molecule has 0 bridgehead atoms. The van der Waals surface area contributed by atoms with Gasteiger partial charge in [-0.05, 0) is 66.9 Å². The summed E-state index contributed by atoms with van der Waals surface area (Å²) in [6.07, 6.45) is 0. The fourth-order valence-electron chi connectivity index (χ4n) is 2.08. The first kappa shape index (κ1) is 14.4. The minimum atomic E-state index is -0.0794. The summed E-state index contributed by atoms with van der Waals surface area (Å²) >= 11 is 12.2. The molecule has 1 aromatic heterocycles. The maximum absolute atomic E-state index is 6.37. The lowest BCUT2D eigenvalue weighted by atomic mass is 9.99. The van der Waals surface area contributed by atoms with E-state index in [4.69, 9.17) is 27.6 Å². The van der Waals surface area contributed by atoms with E-state index in [1.807, 2.05) is 19.1 Å². The van der Waals surface area contributed by atoms with Gasteiger partial charge in [-0.15, -0.1) is 0 Å². The van der Waals surface area contributed by atoms with E-state index in [2.05, 4.69) is 25.2 Å². The van der Waals surface area contributed by atoms with E-state index in [0.29, 0.717) is 5.22 Å². The molecule has 4 heteroatoms. The van der Waals surface area contributed by atoms with Gasteiger partial charge in [0, 0.05) is 5.02 Å². The number of benzene rings is 1. The predicted octanol–water partition coefficient (Wildman–Crippen LogP) is 4.90. The minimum Gasteiger partial charge on any atom is -0.448 e. The number of nitrogens with one attached hydrogen (secondary N) is 1. The van der Waals surface area contributed by atoms with Crippen LogP contribution < -0.4 is 5.32 Å². The molecule has 0 spiro atoms. The van der Waals surface area contributed by atoms with Crippen molar-refractivity contribution in [1.82, 2.24) is 5.32 Å². The third-order valence-electron chi connectivity index (χ3n) is 3.21. The van der Waals surface area contributed by atoms with E-state index < -0.39 is 0 Å². The molecule has 102 valence electrons. The Kier molecular flexibility index (Phi) is 4.56. The van der Waals surface area contributed by atoms with Gasteiger partial charge in [0.2, 0.25) is 0 Å². The molecule has 2 nitrogen and oxygen atoms in total. The molecule has 0 saturated heterocycles. The van der Waals surface area contributed by atoms with Crippen LogP contribution in [0.2, 0.25) is 10.2 Å². The average molecular weight is 298 g/mol. The second kappa shape index (κ2) is 6.00. The van der Waals surface area contributed by atoms with Gasteiger partial charge in [0.15, 0.2) is 5.22 Å². The normalized spacial score (nSPS) is 12.7. The highest BCUT2D eigenvalue weighted by atomic mass is 35.5. The van der Waals surface area contributed by atoms with Crippen LogP contribution in [0.1, 0.15) is 35.4 Å². The average Bonchev–Trinajstić information content (AvgIpc) is 2.78. The van der Waals surface area contributed by atoms with E-state index in [9.17, 15) is 0 Å². The molecular formula is C15H17Cl2NO. The first-order valence-corrected chi connectivity index (χ1v) is 7.03. The Morgan fingerprint density at radius 2 is 1.84 bits per heavy atom. The largest absolute Gasteiger partial charge is 0.448 e. The van der Waals surface area contributed by atoms with Crippen molar-refractivity contribution in [3.05, 3.63) is 57.0 Å². The van der Waals surface area contributed by atoms with E-state index >= 15 is 0 Å². The van der Waals surface area contributed by atoms with Gasteiger partial charge < -0.3 is 9.73 Å². The lowest BCUT2D eigenvalue weighted by Crippen LogP contribution is -2.22. The molecule has 0 saturated carbocycles. The molecule has 2 rings (SSSR count). The van der Waals surface area contributed by atoms with E-state index in [1.54, 1.807) is 6.07 Å². The third kappa shape index (κ3) is 3.14. The maximum atomic E-state index is 6.37. The van der Waals surface area contributed by atoms with Crippen molar-refractivity contribution in [3.63, 3.8) is 0 Å². The first-order valence-electron chi connectivity index (χ1n) is 6.28. The third-order valence-corrected chi connectivity index (χ3v) is 3.74. The number of halogens is 2. The van der Waals surface area contributed by atoms with Gasteiger partial charge in [-0.2, -0.15) is 0 Å². The number of aryl methyl sites for hydroxylation is 2. The molecule has 1 atom stereocenters. The van der Waals surface area contributed by atoms with Crippen molar-refractivity contribution in [2.24, 2.45) is 0 Å². The summed E-state index contributed by atoms with van der Waals surface area (Å²) in [6.45, 7) is 6.99. The van der Waals surface area contributed by atoms with Gasteiger partial charge >= 0.3 is 0 Å². The van der Waals surface area contributed by atoms with Crippen LogP contribution in [0.25, 0.3) is 0 Å². The Balaban J connectivity index is 2.47. The Morgan fingerprint density at radius 1 is 1.16 bits per heavy atom. The van der Waals surface area contributed by atoms with Gasteiger partial charge in [-0.3, -0.25) is 0 Å². The molecule has 1 aromatic carbocycles. The summed E-state index contributed by atoms with van der Waals surface area (Å²) in [6, 6.07) is 7.63. The molecule has 1 unspecified atom stereocenters. The zero-order chi connectivity index (χ0) is 14.0. The highest BCUT2D eigenvalue weighted by Crippen LogP contribution is 2.32. The number of furan rings is 1. The van der Waals surface area contributed by atoms with Crippen LogP contribution in [0.3, 0.4) is 0 Å². The summed E-state index contributed by atoms with van der Waals surface area (Å²) in [4.78, 5) is 0. The Labute approximate surface area is 123 Å². The maximum Gasteiger partial charge on any atom is 0.193 e. The zero-order valence-electron chi connectivity index (χ0n) is 11.3. The standard InChI is InChI=1S/C15H17Cl2NO/c1-4-18-15(13-5-6-14(17)19-13)11-7-9(2)10(3)8-12(11)16/h5-8,15,18H,4H2,1-3H3. The van der Waals surface area contributed by atoms with Crippen LogP contribution in [0, 0.1) is 13.8 Å². The van der Waals surface area contributed by atoms with Gasteiger partial charge in [-0.25, -0.2) is 0 Å². The summed E-state index contributed by atoms with van der Waals surface area (Å²) in [7, 11) is 0. The topological polar surface area (TPSA) is 25.2 Å². The summed E-state index contributed by atoms with van der Waals surface area (Å²) in [5.74, 6) is 0.775. The summed E-state index contributed by atoms with van der Waals surface area (Å²) in [5, 5.41) is 4.50. The van der Waals surface area contributed by atoms with Crippen LogP contribution in [-0.2, 0) is 0 Å². The molecule has 0 aliphatic carbocycles. The van der Waals surface area contributed by atoms with Crippen molar-refractivity contribution in [3.8, 4) is 0 Å². The molecular weight excluding hydrogens is 281 g/mol. The lowest BCUT2D eigenvalue weighted by molar-refractivity contribution is 0.453. The van der Waals surface area contributed by atoms with Crippen LogP contribution in [0.15, 0.2) is 28.7 Å². The Morgan fingerprint density at radius 3 is 2.42 bits per heavy atom. The van der Waals surface area contributed by atoms with Crippen molar-refractivity contribution in [1.29, 1.82) is 0 Å². The molecule has 2 aromatic rings. The molecule has 0 aliphatic rings. The van der Waals surface area contributed by atoms with Gasteiger partial charge in [-0.1, -0.05) is 24.6 Å². The lowest BCUT2D eigenvalue weighted by Gasteiger charge is -2.19. The SMILES string of the molecule is CCNC(c1ccc(Cl)o1)c1cc(C)c(C)cc1Cl. The quantitative estimate of drug-likeness (QED) is 0.868. The van der Waals surface area contributed by atoms with Gasteiger partial charge in [0.1, 0.15) is 5.76 Å². The van der Waals surface area contributed by atoms with Gasteiger partial charge in [0.05, 0.1) is 6.04 Å². The molecule has 19 heavy (non-hydrogen) atoms. The second-order valence-electron chi connectivity index (χ2n) is 4.59. The van der Waals surface area contributed by atoms with E-state index in [0.717, 1.165) is 22.9 Å². The molecule has 0 fully saturated rings. The Bertz CT molecular complexity index is 578. The van der Waals surface area contributed by atoms with Crippen molar-refractivity contribution >= 4 is 23.2 Å². The first-order chi connectivity index (χ1) is 9.02. The molecule has 0 radical (unpaired) electrons. The Hall–Kier alpha value is -0.960. The van der Waals surface area contributed by atoms with Crippen molar-refractivity contribution in [2.45, 2.75) is 26.8 Å². The number of hydrogen-bond donors (Lipinski definition) is 1. The zero-order valence-corrected chi connectivity index (χ0v) is 12.8. The van der Waals surface area contributed by atoms with Gasteiger partial charge in [0.25, 0.3) is 0 Å². The molecule has 1 heterocycles. The van der Waals surface area contributed by atoms with Crippen LogP contribution in [0.4, 0.5) is 0 Å². The van der Waals surface area contributed by atoms with Crippen LogP contribution >= 0.6 is 23.2 Å². The molecule has 0 amide bonds. The molecule has 1 N–H and O–H groups in total. The second-order valence-corrected chi connectivity index (χ2v) is 5.37. The van der Waals surface area contributed by atoms with Crippen LogP contribution in [0.5, 0.6) is 0 Å².